The number of nitrogens with one attached hydrogen (secondary N) is 1. The van der Waals surface area contributed by atoms with E-state index in [1.807, 2.05) is 49.4 Å². The van der Waals surface area contributed by atoms with E-state index in [0.717, 1.165) is 38.5 Å². The topological polar surface area (TPSA) is 41.6 Å². The Morgan fingerprint density at radius 1 is 1.04 bits per heavy atom. The Labute approximate surface area is 143 Å². The van der Waals surface area contributed by atoms with Gasteiger partial charge in [0.1, 0.15) is 0 Å². The molecule has 1 saturated heterocycles. The van der Waals surface area contributed by atoms with Gasteiger partial charge in [0.25, 0.3) is 5.91 Å². The molecule has 4 heteroatoms. The number of ether oxygens (including phenoxy) is 1. The number of amides is 1. The van der Waals surface area contributed by atoms with Crippen LogP contribution >= 0.6 is 0 Å². The van der Waals surface area contributed by atoms with Crippen molar-refractivity contribution in [3.8, 4) is 0 Å². The molecule has 0 atom stereocenters. The Morgan fingerprint density at radius 3 is 2.42 bits per heavy atom. The summed E-state index contributed by atoms with van der Waals surface area (Å²) in [6, 6.07) is 13.8. The molecular weight excluding hydrogens is 300 g/mol. The van der Waals surface area contributed by atoms with Crippen molar-refractivity contribution in [3.63, 3.8) is 0 Å². The van der Waals surface area contributed by atoms with E-state index in [9.17, 15) is 4.79 Å². The minimum atomic E-state index is -0.0730. The highest BCUT2D eigenvalue weighted by atomic mass is 16.5. The Kier molecular flexibility index (Phi) is 5.28. The molecule has 1 amide bonds. The van der Waals surface area contributed by atoms with Crippen LogP contribution in [0.5, 0.6) is 0 Å². The lowest BCUT2D eigenvalue weighted by Crippen LogP contribution is -2.35. The first-order valence-corrected chi connectivity index (χ1v) is 8.39. The average Bonchev–Trinajstić information content (AvgIpc) is 2.60. The molecule has 1 aliphatic heterocycles. The Bertz CT molecular complexity index is 704. The van der Waals surface area contributed by atoms with E-state index < -0.39 is 0 Å². The zero-order chi connectivity index (χ0) is 16.9. The molecule has 0 spiro atoms. The lowest BCUT2D eigenvalue weighted by Gasteiger charge is -2.26. The van der Waals surface area contributed by atoms with Gasteiger partial charge in [-0.2, -0.15) is 0 Å². The number of carbonyl (C=O) groups excluding carboxylic acids is 1. The van der Waals surface area contributed by atoms with Crippen molar-refractivity contribution >= 4 is 11.6 Å². The number of nitrogens with zero attached hydrogens (tertiary/aromatic N) is 1. The number of carbonyl (C=O) groups is 1. The smallest absolute Gasteiger partial charge is 0.255 e. The molecule has 1 heterocycles. The van der Waals surface area contributed by atoms with E-state index in [-0.39, 0.29) is 5.91 Å². The maximum absolute atomic E-state index is 12.4. The molecule has 1 aliphatic rings. The summed E-state index contributed by atoms with van der Waals surface area (Å²) in [6.07, 6.45) is 0. The SMILES string of the molecule is Cc1ccc(NC(=O)c2ccc(CN3CCOCC3)cc2)cc1C. The number of aryl methyl sites for hydroxylation is 2. The van der Waals surface area contributed by atoms with Gasteiger partial charge in [0, 0.05) is 30.9 Å². The van der Waals surface area contributed by atoms with E-state index in [0.29, 0.717) is 5.56 Å². The summed E-state index contributed by atoms with van der Waals surface area (Å²) in [7, 11) is 0. The van der Waals surface area contributed by atoms with Crippen molar-refractivity contribution < 1.29 is 9.53 Å². The second-order valence-corrected chi connectivity index (χ2v) is 6.34. The maximum atomic E-state index is 12.4. The van der Waals surface area contributed by atoms with Crippen LogP contribution in [0.1, 0.15) is 27.0 Å². The van der Waals surface area contributed by atoms with Gasteiger partial charge in [0.05, 0.1) is 13.2 Å². The molecule has 3 rings (SSSR count). The van der Waals surface area contributed by atoms with Crippen molar-refractivity contribution in [1.29, 1.82) is 0 Å². The van der Waals surface area contributed by atoms with Gasteiger partial charge in [-0.15, -0.1) is 0 Å². The van der Waals surface area contributed by atoms with Gasteiger partial charge >= 0.3 is 0 Å². The fourth-order valence-corrected chi connectivity index (χ4v) is 2.80. The van der Waals surface area contributed by atoms with Crippen LogP contribution in [0, 0.1) is 13.8 Å². The summed E-state index contributed by atoms with van der Waals surface area (Å²) in [5.74, 6) is -0.0730. The van der Waals surface area contributed by atoms with Gasteiger partial charge < -0.3 is 10.1 Å². The van der Waals surface area contributed by atoms with Crippen LogP contribution in [0.4, 0.5) is 5.69 Å². The highest BCUT2D eigenvalue weighted by molar-refractivity contribution is 6.04. The van der Waals surface area contributed by atoms with Crippen molar-refractivity contribution in [3.05, 3.63) is 64.7 Å². The zero-order valence-corrected chi connectivity index (χ0v) is 14.3. The quantitative estimate of drug-likeness (QED) is 0.937. The van der Waals surface area contributed by atoms with Crippen LogP contribution in [-0.4, -0.2) is 37.1 Å². The molecule has 0 aromatic heterocycles. The monoisotopic (exact) mass is 324 g/mol. The van der Waals surface area contributed by atoms with Crippen molar-refractivity contribution in [1.82, 2.24) is 4.90 Å². The van der Waals surface area contributed by atoms with Crippen LogP contribution in [0.3, 0.4) is 0 Å². The predicted molar refractivity (Wildman–Crippen MR) is 96.4 cm³/mol. The first-order valence-electron chi connectivity index (χ1n) is 8.39. The zero-order valence-electron chi connectivity index (χ0n) is 14.3. The van der Waals surface area contributed by atoms with Gasteiger partial charge in [0.15, 0.2) is 0 Å². The molecule has 0 unspecified atom stereocenters. The molecular formula is C20H24N2O2. The molecule has 2 aromatic rings. The van der Waals surface area contributed by atoms with Gasteiger partial charge in [-0.25, -0.2) is 0 Å². The molecule has 126 valence electrons. The molecule has 1 N–H and O–H groups in total. The molecule has 2 aromatic carbocycles. The first kappa shape index (κ1) is 16.7. The van der Waals surface area contributed by atoms with Crippen LogP contribution < -0.4 is 5.32 Å². The average molecular weight is 324 g/mol. The minimum Gasteiger partial charge on any atom is -0.379 e. The highest BCUT2D eigenvalue weighted by Gasteiger charge is 2.11. The number of morpholine rings is 1. The summed E-state index contributed by atoms with van der Waals surface area (Å²) in [6.45, 7) is 8.55. The molecule has 0 bridgehead atoms. The summed E-state index contributed by atoms with van der Waals surface area (Å²) in [5.41, 5.74) is 5.13. The highest BCUT2D eigenvalue weighted by Crippen LogP contribution is 2.16. The fourth-order valence-electron chi connectivity index (χ4n) is 2.80. The van der Waals surface area contributed by atoms with Crippen LogP contribution in [-0.2, 0) is 11.3 Å². The van der Waals surface area contributed by atoms with Crippen LogP contribution in [0.25, 0.3) is 0 Å². The Hall–Kier alpha value is -2.17. The summed E-state index contributed by atoms with van der Waals surface area (Å²) in [5, 5.41) is 2.96. The molecule has 0 radical (unpaired) electrons. The molecule has 24 heavy (non-hydrogen) atoms. The molecule has 4 nitrogen and oxygen atoms in total. The molecule has 1 fully saturated rings. The van der Waals surface area contributed by atoms with Crippen molar-refractivity contribution in [2.75, 3.05) is 31.6 Å². The van der Waals surface area contributed by atoms with Gasteiger partial charge in [0.2, 0.25) is 0 Å². The van der Waals surface area contributed by atoms with Crippen LogP contribution in [0.2, 0.25) is 0 Å². The van der Waals surface area contributed by atoms with E-state index in [2.05, 4.69) is 17.1 Å². The summed E-state index contributed by atoms with van der Waals surface area (Å²) >= 11 is 0. The van der Waals surface area contributed by atoms with E-state index >= 15 is 0 Å². The first-order chi connectivity index (χ1) is 11.6. The fraction of sp³-hybridized carbons (Fsp3) is 0.350. The number of hydrogen-bond acceptors (Lipinski definition) is 3. The Balaban J connectivity index is 1.61. The van der Waals surface area contributed by atoms with E-state index in [1.54, 1.807) is 0 Å². The van der Waals surface area contributed by atoms with Gasteiger partial charge in [-0.1, -0.05) is 18.2 Å². The van der Waals surface area contributed by atoms with Crippen molar-refractivity contribution in [2.24, 2.45) is 0 Å². The normalized spacial score (nSPS) is 15.2. The van der Waals surface area contributed by atoms with Gasteiger partial charge in [-0.3, -0.25) is 9.69 Å². The third-order valence-corrected chi connectivity index (χ3v) is 4.49. The predicted octanol–water partition coefficient (Wildman–Crippen LogP) is 3.39. The maximum Gasteiger partial charge on any atom is 0.255 e. The number of benzene rings is 2. The third kappa shape index (κ3) is 4.22. The number of rotatable bonds is 4. The summed E-state index contributed by atoms with van der Waals surface area (Å²) in [4.78, 5) is 14.7. The van der Waals surface area contributed by atoms with Crippen molar-refractivity contribution in [2.45, 2.75) is 20.4 Å². The number of anilines is 1. The number of hydrogen-bond donors (Lipinski definition) is 1. The van der Waals surface area contributed by atoms with Gasteiger partial charge in [-0.05, 0) is 54.8 Å². The molecule has 0 saturated carbocycles. The standard InChI is InChI=1S/C20H24N2O2/c1-15-3-8-19(13-16(15)2)21-20(23)18-6-4-17(5-7-18)14-22-9-11-24-12-10-22/h3-8,13H,9-12,14H2,1-2H3,(H,21,23). The lowest BCUT2D eigenvalue weighted by molar-refractivity contribution is 0.0342. The van der Waals surface area contributed by atoms with Crippen LogP contribution in [0.15, 0.2) is 42.5 Å². The van der Waals surface area contributed by atoms with E-state index in [4.69, 9.17) is 4.74 Å². The van der Waals surface area contributed by atoms with E-state index in [1.165, 1.54) is 16.7 Å². The third-order valence-electron chi connectivity index (χ3n) is 4.49. The second-order valence-electron chi connectivity index (χ2n) is 6.34. The largest absolute Gasteiger partial charge is 0.379 e. The second kappa shape index (κ2) is 7.60. The Morgan fingerprint density at radius 2 is 1.75 bits per heavy atom. The minimum absolute atomic E-state index is 0.0730. The summed E-state index contributed by atoms with van der Waals surface area (Å²) < 4.78 is 5.37. The lowest BCUT2D eigenvalue weighted by atomic mass is 10.1. The molecule has 0 aliphatic carbocycles.